The van der Waals surface area contributed by atoms with E-state index in [0.717, 1.165) is 42.1 Å². The Labute approximate surface area is 149 Å². The van der Waals surface area contributed by atoms with E-state index in [0.29, 0.717) is 0 Å². The van der Waals surface area contributed by atoms with Crippen LogP contribution in [0.2, 0.25) is 0 Å². The minimum absolute atomic E-state index is 0.219. The summed E-state index contributed by atoms with van der Waals surface area (Å²) in [5.41, 5.74) is 4.33. The average Bonchev–Trinajstić information content (AvgIpc) is 3.29. The maximum Gasteiger partial charge on any atom is 0.123 e. The lowest BCUT2D eigenvalue weighted by molar-refractivity contribution is 0.312. The maximum absolute atomic E-state index is 13.1. The van der Waals surface area contributed by atoms with Crippen LogP contribution in [-0.4, -0.2) is 40.4 Å². The molecular weight excluding hydrogens is 315 g/mol. The molecule has 0 radical (unpaired) electrons. The average molecular weight is 342 g/mol. The Morgan fingerprint density at radius 1 is 1.16 bits per heavy atom. The number of hydrogen-bond acceptors (Lipinski definition) is 3. The van der Waals surface area contributed by atoms with Crippen LogP contribution in [0.5, 0.6) is 0 Å². The van der Waals surface area contributed by atoms with Crippen molar-refractivity contribution in [1.29, 1.82) is 0 Å². The van der Waals surface area contributed by atoms with Gasteiger partial charge in [-0.15, -0.1) is 0 Å². The van der Waals surface area contributed by atoms with Gasteiger partial charge in [-0.05, 0) is 76.4 Å². The lowest BCUT2D eigenvalue weighted by Crippen LogP contribution is -2.27. The zero-order valence-electron chi connectivity index (χ0n) is 15.1. The SMILES string of the molecule is Cc1nn(-c2ccc(F)cc2)c(C)c1CNCC1CCN(C2CC2)C1. The molecule has 1 saturated heterocycles. The molecule has 4 rings (SSSR count). The van der Waals surface area contributed by atoms with Crippen LogP contribution in [0.4, 0.5) is 4.39 Å². The second kappa shape index (κ2) is 6.89. The van der Waals surface area contributed by atoms with E-state index in [1.807, 2.05) is 4.68 Å². The van der Waals surface area contributed by atoms with E-state index >= 15 is 0 Å². The molecule has 1 aromatic heterocycles. The van der Waals surface area contributed by atoms with Crippen molar-refractivity contribution in [1.82, 2.24) is 20.0 Å². The van der Waals surface area contributed by atoms with Crippen molar-refractivity contribution in [2.75, 3.05) is 19.6 Å². The number of aromatic nitrogens is 2. The summed E-state index contributed by atoms with van der Waals surface area (Å²) in [7, 11) is 0. The standard InChI is InChI=1S/C20H27FN4/c1-14-20(12-22-11-16-9-10-24(13-16)18-7-8-18)15(2)25(23-14)19-5-3-17(21)4-6-19/h3-6,16,18,22H,7-13H2,1-2H3. The topological polar surface area (TPSA) is 33.1 Å². The number of rotatable bonds is 6. The van der Waals surface area contributed by atoms with Crippen LogP contribution in [0.25, 0.3) is 5.69 Å². The van der Waals surface area contributed by atoms with Gasteiger partial charge in [0.2, 0.25) is 0 Å². The first-order valence-electron chi connectivity index (χ1n) is 9.37. The summed E-state index contributed by atoms with van der Waals surface area (Å²) in [6.07, 6.45) is 4.12. The fraction of sp³-hybridized carbons (Fsp3) is 0.550. The third-order valence-electron chi connectivity index (χ3n) is 5.63. The van der Waals surface area contributed by atoms with Gasteiger partial charge in [0.25, 0.3) is 0 Å². The first-order valence-corrected chi connectivity index (χ1v) is 9.37. The van der Waals surface area contributed by atoms with Gasteiger partial charge in [-0.25, -0.2) is 9.07 Å². The molecule has 1 atom stereocenters. The van der Waals surface area contributed by atoms with Gasteiger partial charge >= 0.3 is 0 Å². The number of likely N-dealkylation sites (tertiary alicyclic amines) is 1. The van der Waals surface area contributed by atoms with Crippen LogP contribution in [0.15, 0.2) is 24.3 Å². The van der Waals surface area contributed by atoms with E-state index in [1.165, 1.54) is 50.0 Å². The summed E-state index contributed by atoms with van der Waals surface area (Å²) in [5, 5.41) is 8.29. The minimum Gasteiger partial charge on any atom is -0.312 e. The summed E-state index contributed by atoms with van der Waals surface area (Å²) < 4.78 is 15.1. The van der Waals surface area contributed by atoms with Gasteiger partial charge < -0.3 is 10.2 Å². The van der Waals surface area contributed by atoms with Gasteiger partial charge in [0.15, 0.2) is 0 Å². The number of hydrogen-bond donors (Lipinski definition) is 1. The molecule has 134 valence electrons. The van der Waals surface area contributed by atoms with Crippen molar-refractivity contribution in [2.45, 2.75) is 45.7 Å². The molecule has 2 aliphatic rings. The molecular formula is C20H27FN4. The maximum atomic E-state index is 13.1. The largest absolute Gasteiger partial charge is 0.312 e. The van der Waals surface area contributed by atoms with Crippen molar-refractivity contribution in [3.05, 3.63) is 47.0 Å². The highest BCUT2D eigenvalue weighted by Gasteiger charge is 2.34. The summed E-state index contributed by atoms with van der Waals surface area (Å²) >= 11 is 0. The van der Waals surface area contributed by atoms with Crippen molar-refractivity contribution in [3.8, 4) is 5.69 Å². The summed E-state index contributed by atoms with van der Waals surface area (Å²) in [5.74, 6) is 0.553. The molecule has 2 aromatic rings. The Morgan fingerprint density at radius 3 is 2.64 bits per heavy atom. The highest BCUT2D eigenvalue weighted by molar-refractivity contribution is 5.37. The number of aryl methyl sites for hydroxylation is 1. The van der Waals surface area contributed by atoms with Gasteiger partial charge in [0.05, 0.1) is 11.4 Å². The number of halogens is 1. The quantitative estimate of drug-likeness (QED) is 0.875. The molecule has 1 aliphatic heterocycles. The fourth-order valence-corrected chi connectivity index (χ4v) is 3.97. The Kier molecular flexibility index (Phi) is 4.61. The van der Waals surface area contributed by atoms with Gasteiger partial charge in [0.1, 0.15) is 5.82 Å². The zero-order valence-corrected chi connectivity index (χ0v) is 15.1. The van der Waals surface area contributed by atoms with Crippen molar-refractivity contribution < 1.29 is 4.39 Å². The Bertz CT molecular complexity index is 733. The van der Waals surface area contributed by atoms with Crippen LogP contribution >= 0.6 is 0 Å². The second-order valence-electron chi connectivity index (χ2n) is 7.55. The number of nitrogens with one attached hydrogen (secondary N) is 1. The Morgan fingerprint density at radius 2 is 1.92 bits per heavy atom. The smallest absolute Gasteiger partial charge is 0.123 e. The molecule has 0 bridgehead atoms. The predicted octanol–water partition coefficient (Wildman–Crippen LogP) is 3.20. The molecule has 25 heavy (non-hydrogen) atoms. The number of nitrogens with zero attached hydrogens (tertiary/aromatic N) is 3. The van der Waals surface area contributed by atoms with Crippen molar-refractivity contribution >= 4 is 0 Å². The fourth-order valence-electron chi connectivity index (χ4n) is 3.97. The van der Waals surface area contributed by atoms with Crippen LogP contribution in [0, 0.1) is 25.6 Å². The lowest BCUT2D eigenvalue weighted by Gasteiger charge is -2.15. The minimum atomic E-state index is -0.219. The first kappa shape index (κ1) is 16.7. The molecule has 2 fully saturated rings. The molecule has 1 N–H and O–H groups in total. The molecule has 1 aliphatic carbocycles. The molecule has 4 nitrogen and oxygen atoms in total. The highest BCUT2D eigenvalue weighted by atomic mass is 19.1. The van der Waals surface area contributed by atoms with Gasteiger partial charge in [0, 0.05) is 30.4 Å². The second-order valence-corrected chi connectivity index (χ2v) is 7.55. The molecule has 1 unspecified atom stereocenters. The van der Waals surface area contributed by atoms with Crippen molar-refractivity contribution in [2.24, 2.45) is 5.92 Å². The predicted molar refractivity (Wildman–Crippen MR) is 97.4 cm³/mol. The van der Waals surface area contributed by atoms with Crippen molar-refractivity contribution in [3.63, 3.8) is 0 Å². The third-order valence-corrected chi connectivity index (χ3v) is 5.63. The van der Waals surface area contributed by atoms with Gasteiger partial charge in [-0.1, -0.05) is 0 Å². The molecule has 0 amide bonds. The van der Waals surface area contributed by atoms with E-state index in [-0.39, 0.29) is 5.82 Å². The molecule has 2 heterocycles. The van der Waals surface area contributed by atoms with E-state index < -0.39 is 0 Å². The van der Waals surface area contributed by atoms with E-state index in [9.17, 15) is 4.39 Å². The van der Waals surface area contributed by atoms with Crippen LogP contribution in [0.1, 0.15) is 36.2 Å². The summed E-state index contributed by atoms with van der Waals surface area (Å²) in [6, 6.07) is 7.40. The summed E-state index contributed by atoms with van der Waals surface area (Å²) in [6.45, 7) is 8.59. The van der Waals surface area contributed by atoms with Crippen LogP contribution in [0.3, 0.4) is 0 Å². The van der Waals surface area contributed by atoms with E-state index in [2.05, 4.69) is 29.2 Å². The monoisotopic (exact) mass is 342 g/mol. The third kappa shape index (κ3) is 3.62. The van der Waals surface area contributed by atoms with Gasteiger partial charge in [-0.3, -0.25) is 0 Å². The first-order chi connectivity index (χ1) is 12.1. The van der Waals surface area contributed by atoms with E-state index in [4.69, 9.17) is 0 Å². The van der Waals surface area contributed by atoms with Crippen LogP contribution in [-0.2, 0) is 6.54 Å². The van der Waals surface area contributed by atoms with Crippen LogP contribution < -0.4 is 5.32 Å². The number of benzene rings is 1. The molecule has 5 heteroatoms. The molecule has 1 aromatic carbocycles. The normalized spacial score (nSPS) is 21.2. The molecule has 0 spiro atoms. The lowest BCUT2D eigenvalue weighted by atomic mass is 10.1. The Balaban J connectivity index is 1.37. The van der Waals surface area contributed by atoms with E-state index in [1.54, 1.807) is 12.1 Å². The molecule has 1 saturated carbocycles. The highest BCUT2D eigenvalue weighted by Crippen LogP contribution is 2.31. The summed E-state index contributed by atoms with van der Waals surface area (Å²) in [4.78, 5) is 2.66. The zero-order chi connectivity index (χ0) is 17.4. The Hall–Kier alpha value is -1.72. The van der Waals surface area contributed by atoms with Gasteiger partial charge in [-0.2, -0.15) is 5.10 Å².